The van der Waals surface area contributed by atoms with Crippen LogP contribution in [-0.2, 0) is 19.1 Å². The van der Waals surface area contributed by atoms with Crippen molar-refractivity contribution in [1.29, 1.82) is 0 Å². The van der Waals surface area contributed by atoms with Crippen LogP contribution in [0.1, 0.15) is 55.9 Å². The van der Waals surface area contributed by atoms with E-state index in [1.807, 2.05) is 31.4 Å². The summed E-state index contributed by atoms with van der Waals surface area (Å²) in [6.07, 6.45) is 1.00. The summed E-state index contributed by atoms with van der Waals surface area (Å²) in [5.74, 6) is -1.17. The molecule has 0 amide bonds. The Morgan fingerprint density at radius 3 is 2.57 bits per heavy atom. The van der Waals surface area contributed by atoms with Crippen molar-refractivity contribution in [2.75, 3.05) is 13.2 Å². The molecular formula is C26H28N2O6S. The summed E-state index contributed by atoms with van der Waals surface area (Å²) >= 11 is 1.63. The van der Waals surface area contributed by atoms with E-state index in [1.54, 1.807) is 30.4 Å². The van der Waals surface area contributed by atoms with Crippen LogP contribution in [0.5, 0.6) is 0 Å². The smallest absolute Gasteiger partial charge is 0.336 e. The molecule has 0 saturated heterocycles. The maximum Gasteiger partial charge on any atom is 0.336 e. The van der Waals surface area contributed by atoms with Gasteiger partial charge in [0.2, 0.25) is 0 Å². The Morgan fingerprint density at radius 1 is 1.20 bits per heavy atom. The number of esters is 1. The Labute approximate surface area is 207 Å². The summed E-state index contributed by atoms with van der Waals surface area (Å²) < 4.78 is 11.0. The van der Waals surface area contributed by atoms with Crippen LogP contribution < -0.4 is 5.32 Å². The van der Waals surface area contributed by atoms with Gasteiger partial charge in [0.05, 0.1) is 23.2 Å². The van der Waals surface area contributed by atoms with Crippen LogP contribution in [0.3, 0.4) is 0 Å². The molecule has 0 bridgehead atoms. The van der Waals surface area contributed by atoms with Crippen LogP contribution in [0, 0.1) is 10.1 Å². The standard InChI is InChI=1S/C26H28N2O6S/c1-15(2)33-10-11-34-26(30)23-16(3)27-20-13-18(22-5-4-12-35-22)14-21(29)25(20)24(23)17-6-8-19(9-7-17)28(31)32/h4-9,12,15,18,24,27H,10-11,13-14H2,1-3H3/t18-,24-/m0/s1. The minimum Gasteiger partial charge on any atom is -0.460 e. The molecule has 0 unspecified atom stereocenters. The fourth-order valence-electron chi connectivity index (χ4n) is 4.65. The molecule has 184 valence electrons. The van der Waals surface area contributed by atoms with Gasteiger partial charge in [0.15, 0.2) is 5.78 Å². The number of Topliss-reactive ketones (excluding diaryl/α,β-unsaturated/α-hetero) is 1. The second-order valence-electron chi connectivity index (χ2n) is 8.94. The van der Waals surface area contributed by atoms with Gasteiger partial charge in [-0.1, -0.05) is 18.2 Å². The molecular weight excluding hydrogens is 468 g/mol. The number of hydrogen-bond donors (Lipinski definition) is 1. The van der Waals surface area contributed by atoms with Crippen molar-refractivity contribution in [2.45, 2.75) is 51.6 Å². The van der Waals surface area contributed by atoms with Crippen molar-refractivity contribution in [2.24, 2.45) is 0 Å². The lowest BCUT2D eigenvalue weighted by atomic mass is 9.72. The Morgan fingerprint density at radius 2 is 1.94 bits per heavy atom. The molecule has 1 N–H and O–H groups in total. The predicted octanol–water partition coefficient (Wildman–Crippen LogP) is 4.99. The number of ketones is 1. The molecule has 2 atom stereocenters. The lowest BCUT2D eigenvalue weighted by Crippen LogP contribution is -2.36. The summed E-state index contributed by atoms with van der Waals surface area (Å²) in [5, 5.41) is 16.5. The normalized spacial score (nSPS) is 20.1. The zero-order valence-corrected chi connectivity index (χ0v) is 20.7. The van der Waals surface area contributed by atoms with Crippen molar-refractivity contribution >= 4 is 28.8 Å². The highest BCUT2D eigenvalue weighted by Crippen LogP contribution is 2.46. The van der Waals surface area contributed by atoms with Crippen molar-refractivity contribution in [3.63, 3.8) is 0 Å². The molecule has 0 saturated carbocycles. The first-order valence-electron chi connectivity index (χ1n) is 11.6. The van der Waals surface area contributed by atoms with E-state index in [4.69, 9.17) is 9.47 Å². The number of dihydropyridines is 1. The molecule has 2 aromatic rings. The molecule has 2 aliphatic rings. The first-order chi connectivity index (χ1) is 16.8. The fraction of sp³-hybridized carbons (Fsp3) is 0.385. The number of nitro benzene ring substituents is 1. The summed E-state index contributed by atoms with van der Waals surface area (Å²) in [5.41, 5.74) is 2.85. The van der Waals surface area contributed by atoms with Gasteiger partial charge in [0.1, 0.15) is 6.61 Å². The van der Waals surface area contributed by atoms with Gasteiger partial charge in [-0.25, -0.2) is 4.79 Å². The quantitative estimate of drug-likeness (QED) is 0.237. The predicted molar refractivity (Wildman–Crippen MR) is 132 cm³/mol. The average Bonchev–Trinajstić information content (AvgIpc) is 3.36. The molecule has 4 rings (SSSR count). The molecule has 9 heteroatoms. The van der Waals surface area contributed by atoms with Crippen LogP contribution >= 0.6 is 11.3 Å². The van der Waals surface area contributed by atoms with E-state index in [1.165, 1.54) is 12.1 Å². The summed E-state index contributed by atoms with van der Waals surface area (Å²) in [6.45, 7) is 5.94. The summed E-state index contributed by atoms with van der Waals surface area (Å²) in [7, 11) is 0. The number of non-ortho nitro benzene ring substituents is 1. The van der Waals surface area contributed by atoms with Gasteiger partial charge >= 0.3 is 5.97 Å². The maximum atomic E-state index is 13.5. The van der Waals surface area contributed by atoms with Gasteiger partial charge in [-0.2, -0.15) is 0 Å². The zero-order chi connectivity index (χ0) is 25.1. The molecule has 1 aliphatic heterocycles. The minimum absolute atomic E-state index is 0.0164. The topological polar surface area (TPSA) is 108 Å². The van der Waals surface area contributed by atoms with E-state index in [-0.39, 0.29) is 36.7 Å². The van der Waals surface area contributed by atoms with Crippen LogP contribution in [0.4, 0.5) is 5.69 Å². The monoisotopic (exact) mass is 496 g/mol. The van der Waals surface area contributed by atoms with Crippen molar-refractivity contribution < 1.29 is 24.0 Å². The number of thiophene rings is 1. The molecule has 1 aromatic heterocycles. The number of carbonyl (C=O) groups is 2. The Hall–Kier alpha value is -3.30. The van der Waals surface area contributed by atoms with E-state index in [9.17, 15) is 19.7 Å². The second-order valence-corrected chi connectivity index (χ2v) is 9.92. The summed E-state index contributed by atoms with van der Waals surface area (Å²) in [6, 6.07) is 10.0. The number of allylic oxidation sites excluding steroid dienone is 3. The maximum absolute atomic E-state index is 13.5. The highest BCUT2D eigenvalue weighted by molar-refractivity contribution is 7.10. The molecule has 1 aromatic carbocycles. The minimum atomic E-state index is -0.664. The zero-order valence-electron chi connectivity index (χ0n) is 19.9. The number of benzene rings is 1. The first kappa shape index (κ1) is 24.8. The van der Waals surface area contributed by atoms with Crippen LogP contribution in [0.2, 0.25) is 0 Å². The third-order valence-corrected chi connectivity index (χ3v) is 7.23. The first-order valence-corrected chi connectivity index (χ1v) is 12.4. The van der Waals surface area contributed by atoms with E-state index < -0.39 is 16.8 Å². The van der Waals surface area contributed by atoms with Gasteiger partial charge in [-0.15, -0.1) is 11.3 Å². The number of nitrogens with one attached hydrogen (secondary N) is 1. The van der Waals surface area contributed by atoms with Gasteiger partial charge in [-0.05, 0) is 44.2 Å². The van der Waals surface area contributed by atoms with Gasteiger partial charge in [0.25, 0.3) is 5.69 Å². The van der Waals surface area contributed by atoms with Crippen molar-refractivity contribution in [3.8, 4) is 0 Å². The fourth-order valence-corrected chi connectivity index (χ4v) is 5.48. The molecule has 0 radical (unpaired) electrons. The van der Waals surface area contributed by atoms with E-state index in [2.05, 4.69) is 5.32 Å². The Balaban J connectivity index is 1.70. The van der Waals surface area contributed by atoms with E-state index in [0.717, 1.165) is 10.6 Å². The second kappa shape index (κ2) is 10.5. The highest BCUT2D eigenvalue weighted by Gasteiger charge is 2.41. The van der Waals surface area contributed by atoms with Crippen molar-refractivity contribution in [1.82, 2.24) is 5.32 Å². The summed E-state index contributed by atoms with van der Waals surface area (Å²) in [4.78, 5) is 38.6. The molecule has 35 heavy (non-hydrogen) atoms. The molecule has 1 aliphatic carbocycles. The largest absolute Gasteiger partial charge is 0.460 e. The number of rotatable bonds is 8. The number of hydrogen-bond acceptors (Lipinski definition) is 8. The lowest BCUT2D eigenvalue weighted by molar-refractivity contribution is -0.384. The van der Waals surface area contributed by atoms with Crippen molar-refractivity contribution in [3.05, 3.63) is 84.9 Å². The van der Waals surface area contributed by atoms with Gasteiger partial charge in [-0.3, -0.25) is 14.9 Å². The van der Waals surface area contributed by atoms with Gasteiger partial charge in [0, 0.05) is 52.2 Å². The van der Waals surface area contributed by atoms with Crippen LogP contribution in [0.25, 0.3) is 0 Å². The molecule has 0 spiro atoms. The van der Waals surface area contributed by atoms with Crippen LogP contribution in [0.15, 0.2) is 64.3 Å². The molecule has 8 nitrogen and oxygen atoms in total. The number of nitrogens with zero attached hydrogens (tertiary/aromatic N) is 1. The third-order valence-electron chi connectivity index (χ3n) is 6.20. The SMILES string of the molecule is CC1=C(C(=O)OCCOC(C)C)[C@H](c2ccc([N+](=O)[O-])cc2)C2=C(C[C@H](c3cccs3)CC2=O)N1. The van der Waals surface area contributed by atoms with E-state index in [0.29, 0.717) is 35.2 Å². The molecule has 2 heterocycles. The number of nitro groups is 1. The Kier molecular flexibility index (Phi) is 7.47. The Bertz CT molecular complexity index is 1180. The number of ether oxygens (including phenoxy) is 2. The highest BCUT2D eigenvalue weighted by atomic mass is 32.1. The van der Waals surface area contributed by atoms with E-state index >= 15 is 0 Å². The average molecular weight is 497 g/mol. The third kappa shape index (κ3) is 5.36. The number of carbonyl (C=O) groups excluding carboxylic acids is 2. The van der Waals surface area contributed by atoms with Crippen LogP contribution in [-0.4, -0.2) is 36.0 Å². The lowest BCUT2D eigenvalue weighted by Gasteiger charge is -2.36. The van der Waals surface area contributed by atoms with Gasteiger partial charge < -0.3 is 14.8 Å². The molecule has 0 fully saturated rings.